The normalized spacial score (nSPS) is 30.0. The van der Waals surface area contributed by atoms with Gasteiger partial charge in [-0.25, -0.2) is 4.98 Å². The molecule has 178 valence electrons. The van der Waals surface area contributed by atoms with Crippen molar-refractivity contribution in [3.8, 4) is 11.1 Å². The summed E-state index contributed by atoms with van der Waals surface area (Å²) < 4.78 is 2.03. The quantitative estimate of drug-likeness (QED) is 0.729. The fourth-order valence-corrected chi connectivity index (χ4v) is 7.33. The fourth-order valence-electron chi connectivity index (χ4n) is 7.33. The summed E-state index contributed by atoms with van der Waals surface area (Å²) in [6.07, 6.45) is 3.46. The Bertz CT molecular complexity index is 1220. The number of rotatable bonds is 4. The lowest BCUT2D eigenvalue weighted by Crippen LogP contribution is -2.59. The minimum atomic E-state index is -0.429. The van der Waals surface area contributed by atoms with Gasteiger partial charge in [-0.05, 0) is 65.7 Å². The molecule has 2 aromatic heterocycles. The van der Waals surface area contributed by atoms with Crippen molar-refractivity contribution < 1.29 is 14.4 Å². The van der Waals surface area contributed by atoms with Gasteiger partial charge in [0.2, 0.25) is 11.8 Å². The van der Waals surface area contributed by atoms with E-state index < -0.39 is 5.91 Å². The molecule has 5 atom stereocenters. The Morgan fingerprint density at radius 2 is 1.88 bits per heavy atom. The molecule has 0 spiro atoms. The van der Waals surface area contributed by atoms with Gasteiger partial charge in [-0.1, -0.05) is 13.8 Å². The molecule has 6 aliphatic rings. The molecular weight excluding hydrogens is 430 g/mol. The maximum Gasteiger partial charge on any atom is 0.265 e. The van der Waals surface area contributed by atoms with E-state index in [2.05, 4.69) is 24.1 Å². The lowest BCUT2D eigenvalue weighted by molar-refractivity contribution is -0.143. The Hall–Kier alpha value is -3.16. The molecule has 5 fully saturated rings. The number of anilines is 1. The summed E-state index contributed by atoms with van der Waals surface area (Å²) in [5.74, 6) is 2.10. The molecule has 4 bridgehead atoms. The molecule has 34 heavy (non-hydrogen) atoms. The van der Waals surface area contributed by atoms with Gasteiger partial charge in [0.05, 0.1) is 0 Å². The Kier molecular flexibility index (Phi) is 4.51. The summed E-state index contributed by atoms with van der Waals surface area (Å²) in [7, 11) is 0. The average Bonchev–Trinajstić information content (AvgIpc) is 3.51. The molecule has 5 heterocycles. The maximum absolute atomic E-state index is 13.2. The van der Waals surface area contributed by atoms with E-state index in [1.54, 1.807) is 13.1 Å². The number of aromatic nitrogens is 2. The summed E-state index contributed by atoms with van der Waals surface area (Å²) in [5, 5.41) is 3.06. The zero-order valence-electron chi connectivity index (χ0n) is 19.9. The standard InChI is InChI=1S/C26H31N5O3/c1-13(32)30-10-18-16-7-17(23(18)19(16)11-30)25(34)29-22-6-14(4-5-28-22)15-8-20(24(27)33)31-12-26(2,3)9-21(15)31/h4-6,8,16-19,23H,7,9-12H2,1-3H3,(H2,27,33)(H,28,29,34)/t16?,17-,18-,19+,23?/m0/s1. The highest BCUT2D eigenvalue weighted by molar-refractivity contribution is 5.95. The van der Waals surface area contributed by atoms with E-state index in [1.165, 1.54) is 0 Å². The predicted octanol–water partition coefficient (Wildman–Crippen LogP) is 2.53. The highest BCUT2D eigenvalue weighted by Crippen LogP contribution is 2.63. The Morgan fingerprint density at radius 1 is 1.15 bits per heavy atom. The minimum absolute atomic E-state index is 0.0134. The number of carbonyl (C=O) groups excluding carboxylic acids is 3. The van der Waals surface area contributed by atoms with Crippen LogP contribution >= 0.6 is 0 Å². The van der Waals surface area contributed by atoms with E-state index >= 15 is 0 Å². The van der Waals surface area contributed by atoms with Crippen molar-refractivity contribution in [2.24, 2.45) is 40.7 Å². The number of primary amides is 1. The first kappa shape index (κ1) is 21.4. The molecule has 3 saturated carbocycles. The van der Waals surface area contributed by atoms with Crippen LogP contribution < -0.4 is 11.1 Å². The molecule has 3 N–H and O–H groups in total. The highest BCUT2D eigenvalue weighted by Gasteiger charge is 2.64. The summed E-state index contributed by atoms with van der Waals surface area (Å²) in [5.41, 5.74) is 9.23. The van der Waals surface area contributed by atoms with E-state index in [1.807, 2.05) is 27.7 Å². The van der Waals surface area contributed by atoms with Gasteiger partial charge in [-0.15, -0.1) is 0 Å². The van der Waals surface area contributed by atoms with E-state index in [4.69, 9.17) is 5.73 Å². The first-order valence-electron chi connectivity index (χ1n) is 12.2. The summed E-state index contributed by atoms with van der Waals surface area (Å²) in [6, 6.07) is 5.67. The van der Waals surface area contributed by atoms with Crippen LogP contribution in [0.4, 0.5) is 5.82 Å². The molecule has 0 radical (unpaired) electrons. The molecule has 3 aliphatic carbocycles. The summed E-state index contributed by atoms with van der Waals surface area (Å²) in [6.45, 7) is 8.33. The van der Waals surface area contributed by atoms with Crippen molar-refractivity contribution in [1.82, 2.24) is 14.5 Å². The Labute approximate surface area is 198 Å². The first-order valence-corrected chi connectivity index (χ1v) is 12.2. The first-order chi connectivity index (χ1) is 16.1. The number of hydrogen-bond donors (Lipinski definition) is 2. The van der Waals surface area contributed by atoms with Crippen molar-refractivity contribution in [3.63, 3.8) is 0 Å². The predicted molar refractivity (Wildman–Crippen MR) is 127 cm³/mol. The second-order valence-electron chi connectivity index (χ2n) is 11.4. The molecule has 2 unspecified atom stereocenters. The smallest absolute Gasteiger partial charge is 0.265 e. The van der Waals surface area contributed by atoms with Crippen molar-refractivity contribution >= 4 is 23.5 Å². The SMILES string of the molecule is CC(=O)N1C[C@@H]2C3C[C@H](C(=O)Nc4cc(-c5cc(C(N)=O)n6c5CC(C)(C)C6)ccn4)C2[C@H]3C1. The molecule has 8 nitrogen and oxygen atoms in total. The summed E-state index contributed by atoms with van der Waals surface area (Å²) in [4.78, 5) is 43.4. The number of amides is 3. The lowest BCUT2D eigenvalue weighted by Gasteiger charge is -2.54. The molecule has 8 heteroatoms. The molecule has 8 rings (SSSR count). The van der Waals surface area contributed by atoms with Crippen molar-refractivity contribution in [1.29, 1.82) is 0 Å². The number of nitrogens with two attached hydrogens (primary N) is 1. The topological polar surface area (TPSA) is 110 Å². The van der Waals surface area contributed by atoms with Crippen LogP contribution in [0, 0.1) is 35.0 Å². The molecule has 0 aromatic carbocycles. The number of nitrogens with one attached hydrogen (secondary N) is 1. The Morgan fingerprint density at radius 3 is 2.56 bits per heavy atom. The van der Waals surface area contributed by atoms with Gasteiger partial charge >= 0.3 is 0 Å². The number of carbonyl (C=O) groups is 3. The fraction of sp³-hybridized carbons (Fsp3) is 0.538. The number of fused-ring (bicyclic) bond motifs is 4. The van der Waals surface area contributed by atoms with Crippen molar-refractivity contribution in [2.75, 3.05) is 18.4 Å². The molecule has 3 aliphatic heterocycles. The van der Waals surface area contributed by atoms with Crippen LogP contribution in [0.3, 0.4) is 0 Å². The van der Waals surface area contributed by atoms with Crippen LogP contribution in [0.15, 0.2) is 24.4 Å². The maximum atomic E-state index is 13.2. The molecule has 3 amide bonds. The van der Waals surface area contributed by atoms with Gasteiger partial charge in [0.25, 0.3) is 5.91 Å². The third kappa shape index (κ3) is 3.11. The van der Waals surface area contributed by atoms with E-state index in [0.717, 1.165) is 49.3 Å². The van der Waals surface area contributed by atoms with Crippen LogP contribution in [0.25, 0.3) is 11.1 Å². The van der Waals surface area contributed by atoms with Crippen LogP contribution in [0.1, 0.15) is 43.4 Å². The average molecular weight is 462 g/mol. The largest absolute Gasteiger partial charge is 0.364 e. The van der Waals surface area contributed by atoms with Crippen LogP contribution in [-0.4, -0.2) is 45.3 Å². The minimum Gasteiger partial charge on any atom is -0.364 e. The van der Waals surface area contributed by atoms with Crippen LogP contribution in [-0.2, 0) is 22.6 Å². The van der Waals surface area contributed by atoms with Gasteiger partial charge in [0, 0.05) is 49.9 Å². The highest BCUT2D eigenvalue weighted by atomic mass is 16.2. The zero-order chi connectivity index (χ0) is 23.9. The molecular formula is C26H31N5O3. The summed E-state index contributed by atoms with van der Waals surface area (Å²) >= 11 is 0. The number of hydrogen-bond acceptors (Lipinski definition) is 4. The van der Waals surface area contributed by atoms with Gasteiger partial charge < -0.3 is 20.5 Å². The zero-order valence-corrected chi connectivity index (χ0v) is 19.9. The van der Waals surface area contributed by atoms with E-state index in [-0.39, 0.29) is 23.1 Å². The van der Waals surface area contributed by atoms with Gasteiger partial charge in [0.1, 0.15) is 11.5 Å². The van der Waals surface area contributed by atoms with Gasteiger partial charge in [-0.3, -0.25) is 14.4 Å². The second kappa shape index (κ2) is 7.17. The lowest BCUT2D eigenvalue weighted by atomic mass is 9.59. The van der Waals surface area contributed by atoms with Crippen LogP contribution in [0.2, 0.25) is 0 Å². The third-order valence-electron chi connectivity index (χ3n) is 8.74. The van der Waals surface area contributed by atoms with Gasteiger partial charge in [-0.2, -0.15) is 0 Å². The van der Waals surface area contributed by atoms with E-state index in [0.29, 0.717) is 35.2 Å². The second-order valence-corrected chi connectivity index (χ2v) is 11.4. The Balaban J connectivity index is 1.21. The number of pyridine rings is 1. The molecule has 2 aromatic rings. The van der Waals surface area contributed by atoms with E-state index in [9.17, 15) is 14.4 Å². The number of piperidine rings is 2. The molecule has 2 saturated heterocycles. The third-order valence-corrected chi connectivity index (χ3v) is 8.74. The van der Waals surface area contributed by atoms with Crippen LogP contribution in [0.5, 0.6) is 0 Å². The van der Waals surface area contributed by atoms with Crippen molar-refractivity contribution in [3.05, 3.63) is 35.8 Å². The number of nitrogens with zero attached hydrogens (tertiary/aromatic N) is 3. The van der Waals surface area contributed by atoms with Crippen molar-refractivity contribution in [2.45, 2.75) is 40.2 Å². The monoisotopic (exact) mass is 461 g/mol. The van der Waals surface area contributed by atoms with Gasteiger partial charge in [0.15, 0.2) is 0 Å².